The van der Waals surface area contributed by atoms with Crippen molar-refractivity contribution in [3.05, 3.63) is 64.7 Å². The highest BCUT2D eigenvalue weighted by Crippen LogP contribution is 2.29. The summed E-state index contributed by atoms with van der Waals surface area (Å²) in [6.45, 7) is 7.40. The van der Waals surface area contributed by atoms with E-state index in [0.717, 1.165) is 22.3 Å². The molecule has 1 saturated heterocycles. The van der Waals surface area contributed by atoms with Crippen LogP contribution in [0.15, 0.2) is 47.4 Å². The van der Waals surface area contributed by atoms with Crippen LogP contribution < -0.4 is 0 Å². The molecule has 1 heterocycles. The standard InChI is InChI=1S/C23H31N3O3S/c1-17-15-18(2)22(19(3)16-17)30(28,29)26-13-11-25(12-14-26)21(23(27)24(4)5)20-9-7-6-8-10-20/h6-10,15-16,21H,11-14H2,1-5H3/t21-/m1/s1. The van der Waals surface area contributed by atoms with Crippen molar-refractivity contribution in [3.8, 4) is 0 Å². The van der Waals surface area contributed by atoms with Crippen LogP contribution in [-0.2, 0) is 14.8 Å². The second-order valence-corrected chi connectivity index (χ2v) is 10.1. The van der Waals surface area contributed by atoms with Gasteiger partial charge in [-0.3, -0.25) is 9.69 Å². The normalized spacial score (nSPS) is 17.0. The lowest BCUT2D eigenvalue weighted by atomic mass is 10.0. The molecular formula is C23H31N3O3S. The van der Waals surface area contributed by atoms with E-state index in [1.807, 2.05) is 63.2 Å². The first-order valence-corrected chi connectivity index (χ1v) is 11.6. The highest BCUT2D eigenvalue weighted by Gasteiger charge is 2.36. The Hall–Kier alpha value is -2.22. The molecule has 1 atom stereocenters. The van der Waals surface area contributed by atoms with E-state index in [1.165, 1.54) is 0 Å². The monoisotopic (exact) mass is 429 g/mol. The number of likely N-dealkylation sites (N-methyl/N-ethyl adjacent to an activating group) is 1. The summed E-state index contributed by atoms with van der Waals surface area (Å²) in [5.41, 5.74) is 3.54. The predicted octanol–water partition coefficient (Wildman–Crippen LogP) is 2.75. The van der Waals surface area contributed by atoms with Crippen LogP contribution in [0.25, 0.3) is 0 Å². The molecule has 7 heteroatoms. The highest BCUT2D eigenvalue weighted by atomic mass is 32.2. The Balaban J connectivity index is 1.83. The van der Waals surface area contributed by atoms with Gasteiger partial charge in [-0.05, 0) is 37.5 Å². The average molecular weight is 430 g/mol. The third-order valence-electron chi connectivity index (χ3n) is 5.63. The largest absolute Gasteiger partial charge is 0.347 e. The zero-order chi connectivity index (χ0) is 22.1. The third kappa shape index (κ3) is 4.43. The fraction of sp³-hybridized carbons (Fsp3) is 0.435. The maximum Gasteiger partial charge on any atom is 0.244 e. The fourth-order valence-electron chi connectivity index (χ4n) is 4.29. The molecule has 1 amide bonds. The van der Waals surface area contributed by atoms with Crippen LogP contribution in [-0.4, -0.2) is 68.7 Å². The summed E-state index contributed by atoms with van der Waals surface area (Å²) in [7, 11) is -0.0753. The van der Waals surface area contributed by atoms with Crippen LogP contribution >= 0.6 is 0 Å². The van der Waals surface area contributed by atoms with E-state index in [0.29, 0.717) is 31.1 Å². The van der Waals surface area contributed by atoms with E-state index in [1.54, 1.807) is 23.3 Å². The Labute approximate surface area is 180 Å². The van der Waals surface area contributed by atoms with E-state index in [2.05, 4.69) is 4.90 Å². The highest BCUT2D eigenvalue weighted by molar-refractivity contribution is 7.89. The van der Waals surface area contributed by atoms with E-state index in [9.17, 15) is 13.2 Å². The Kier molecular flexibility index (Phi) is 6.65. The van der Waals surface area contributed by atoms with Crippen LogP contribution in [0.1, 0.15) is 28.3 Å². The van der Waals surface area contributed by atoms with Gasteiger partial charge in [-0.2, -0.15) is 4.31 Å². The van der Waals surface area contributed by atoms with Crippen LogP contribution in [0.2, 0.25) is 0 Å². The molecule has 1 aliphatic rings. The lowest BCUT2D eigenvalue weighted by Crippen LogP contribution is -2.52. The first-order chi connectivity index (χ1) is 14.1. The van der Waals surface area contributed by atoms with Crippen LogP contribution in [0.3, 0.4) is 0 Å². The summed E-state index contributed by atoms with van der Waals surface area (Å²) in [6.07, 6.45) is 0. The van der Waals surface area contributed by atoms with Gasteiger partial charge in [0.25, 0.3) is 0 Å². The molecule has 0 aromatic heterocycles. The van der Waals surface area contributed by atoms with Gasteiger partial charge in [0.05, 0.1) is 4.90 Å². The van der Waals surface area contributed by atoms with Gasteiger partial charge in [0.1, 0.15) is 6.04 Å². The number of hydrogen-bond donors (Lipinski definition) is 0. The topological polar surface area (TPSA) is 60.9 Å². The molecule has 0 N–H and O–H groups in total. The molecule has 3 rings (SSSR count). The van der Waals surface area contributed by atoms with Crippen LogP contribution in [0.5, 0.6) is 0 Å². The molecule has 162 valence electrons. The minimum Gasteiger partial charge on any atom is -0.347 e. The lowest BCUT2D eigenvalue weighted by molar-refractivity contribution is -0.135. The minimum absolute atomic E-state index is 0.00253. The minimum atomic E-state index is -3.58. The Bertz CT molecular complexity index is 988. The van der Waals surface area contributed by atoms with Gasteiger partial charge in [-0.15, -0.1) is 0 Å². The van der Waals surface area contributed by atoms with Crippen molar-refractivity contribution in [2.75, 3.05) is 40.3 Å². The summed E-state index contributed by atoms with van der Waals surface area (Å²) in [5, 5.41) is 0. The van der Waals surface area contributed by atoms with E-state index in [-0.39, 0.29) is 5.91 Å². The Morgan fingerprint density at radius 1 is 0.933 bits per heavy atom. The molecule has 0 saturated carbocycles. The number of aryl methyl sites for hydroxylation is 3. The van der Waals surface area contributed by atoms with Crippen molar-refractivity contribution in [1.29, 1.82) is 0 Å². The van der Waals surface area contributed by atoms with Crippen LogP contribution in [0.4, 0.5) is 0 Å². The van der Waals surface area contributed by atoms with Crippen molar-refractivity contribution in [3.63, 3.8) is 0 Å². The number of carbonyl (C=O) groups excluding carboxylic acids is 1. The quantitative estimate of drug-likeness (QED) is 0.733. The lowest BCUT2D eigenvalue weighted by Gasteiger charge is -2.39. The first kappa shape index (κ1) is 22.5. The third-order valence-corrected chi connectivity index (χ3v) is 7.84. The summed E-state index contributed by atoms with van der Waals surface area (Å²) in [4.78, 5) is 17.0. The van der Waals surface area contributed by atoms with Crippen molar-refractivity contribution >= 4 is 15.9 Å². The second-order valence-electron chi connectivity index (χ2n) is 8.21. The smallest absolute Gasteiger partial charge is 0.244 e. The van der Waals surface area contributed by atoms with Crippen molar-refractivity contribution < 1.29 is 13.2 Å². The van der Waals surface area contributed by atoms with Crippen molar-refractivity contribution in [2.24, 2.45) is 0 Å². The predicted molar refractivity (Wildman–Crippen MR) is 119 cm³/mol. The number of piperazine rings is 1. The van der Waals surface area contributed by atoms with Crippen LogP contribution in [0, 0.1) is 20.8 Å². The molecule has 6 nitrogen and oxygen atoms in total. The van der Waals surface area contributed by atoms with E-state index >= 15 is 0 Å². The summed E-state index contributed by atoms with van der Waals surface area (Å²) >= 11 is 0. The fourth-order valence-corrected chi connectivity index (χ4v) is 6.13. The number of amides is 1. The zero-order valence-corrected chi connectivity index (χ0v) is 19.2. The maximum absolute atomic E-state index is 13.4. The van der Waals surface area contributed by atoms with Gasteiger partial charge in [-0.1, -0.05) is 48.0 Å². The number of benzene rings is 2. The maximum atomic E-state index is 13.4. The molecule has 0 bridgehead atoms. The van der Waals surface area contributed by atoms with Gasteiger partial charge in [0.15, 0.2) is 0 Å². The summed E-state index contributed by atoms with van der Waals surface area (Å²) in [5.74, 6) is 0.00253. The molecular weight excluding hydrogens is 398 g/mol. The second kappa shape index (κ2) is 8.88. The molecule has 1 fully saturated rings. The molecule has 2 aromatic carbocycles. The Morgan fingerprint density at radius 3 is 1.97 bits per heavy atom. The van der Waals surface area contributed by atoms with Gasteiger partial charge < -0.3 is 4.90 Å². The van der Waals surface area contributed by atoms with Crippen molar-refractivity contribution in [2.45, 2.75) is 31.7 Å². The van der Waals surface area contributed by atoms with Gasteiger partial charge in [-0.25, -0.2) is 8.42 Å². The van der Waals surface area contributed by atoms with Gasteiger partial charge in [0, 0.05) is 40.3 Å². The van der Waals surface area contributed by atoms with Crippen molar-refractivity contribution in [1.82, 2.24) is 14.1 Å². The molecule has 1 aliphatic heterocycles. The molecule has 0 aliphatic carbocycles. The summed E-state index contributed by atoms with van der Waals surface area (Å²) < 4.78 is 28.3. The average Bonchev–Trinajstić information content (AvgIpc) is 2.68. The molecule has 2 aromatic rings. The first-order valence-electron chi connectivity index (χ1n) is 10.2. The molecule has 30 heavy (non-hydrogen) atoms. The number of nitrogens with zero attached hydrogens (tertiary/aromatic N) is 3. The van der Waals surface area contributed by atoms with E-state index in [4.69, 9.17) is 0 Å². The number of hydrogen-bond acceptors (Lipinski definition) is 4. The molecule has 0 spiro atoms. The Morgan fingerprint density at radius 2 is 1.47 bits per heavy atom. The van der Waals surface area contributed by atoms with Gasteiger partial charge >= 0.3 is 0 Å². The van der Waals surface area contributed by atoms with Gasteiger partial charge in [0.2, 0.25) is 15.9 Å². The summed E-state index contributed by atoms with van der Waals surface area (Å²) in [6, 6.07) is 13.1. The number of sulfonamides is 1. The molecule has 0 unspecified atom stereocenters. The number of rotatable bonds is 5. The SMILES string of the molecule is Cc1cc(C)c(S(=O)(=O)N2CCN([C@@H](C(=O)N(C)C)c3ccccc3)CC2)c(C)c1. The van der Waals surface area contributed by atoms with E-state index < -0.39 is 16.1 Å². The molecule has 0 radical (unpaired) electrons. The zero-order valence-electron chi connectivity index (χ0n) is 18.4. The number of carbonyl (C=O) groups is 1.